The zero-order valence-corrected chi connectivity index (χ0v) is 17.9. The van der Waals surface area contributed by atoms with E-state index in [2.05, 4.69) is 47.5 Å². The summed E-state index contributed by atoms with van der Waals surface area (Å²) in [5.41, 5.74) is 1.08. The van der Waals surface area contributed by atoms with Gasteiger partial charge in [-0.3, -0.25) is 4.90 Å². The zero-order valence-electron chi connectivity index (χ0n) is 17.9. The van der Waals surface area contributed by atoms with Crippen LogP contribution in [0.1, 0.15) is 57.4 Å². The molecule has 0 spiro atoms. The highest BCUT2D eigenvalue weighted by atomic mass is 16.3. The Hall–Kier alpha value is -1.59. The van der Waals surface area contributed by atoms with Crippen LogP contribution < -0.4 is 5.32 Å². The number of nitrogens with one attached hydrogen (secondary N) is 1. The van der Waals surface area contributed by atoms with Crippen molar-refractivity contribution in [3.63, 3.8) is 0 Å². The SMILES string of the molecule is CCC1(CNC(=O)N2CCC(O)(C3CC3)CC2)CCN(Cc2ccccc2)CC1. The fraction of sp³-hybridized carbons (Fsp3) is 0.708. The van der Waals surface area contributed by atoms with Gasteiger partial charge in [-0.15, -0.1) is 0 Å². The molecule has 1 aromatic rings. The van der Waals surface area contributed by atoms with E-state index >= 15 is 0 Å². The largest absolute Gasteiger partial charge is 0.389 e. The maximum Gasteiger partial charge on any atom is 0.317 e. The third kappa shape index (κ3) is 4.95. The molecule has 0 unspecified atom stereocenters. The summed E-state index contributed by atoms with van der Waals surface area (Å²) in [5.74, 6) is 0.483. The number of carbonyl (C=O) groups excluding carboxylic acids is 1. The number of hydrogen-bond donors (Lipinski definition) is 2. The Kier molecular flexibility index (Phi) is 6.16. The topological polar surface area (TPSA) is 55.8 Å². The van der Waals surface area contributed by atoms with Gasteiger partial charge in [0.25, 0.3) is 0 Å². The molecule has 1 aromatic carbocycles. The van der Waals surface area contributed by atoms with Crippen molar-refractivity contribution in [2.45, 2.75) is 64.0 Å². The molecule has 2 aliphatic heterocycles. The molecular weight excluding hydrogens is 362 g/mol. The van der Waals surface area contributed by atoms with Gasteiger partial charge in [0.05, 0.1) is 5.60 Å². The van der Waals surface area contributed by atoms with Crippen LogP contribution in [-0.2, 0) is 6.54 Å². The Balaban J connectivity index is 1.22. The maximum atomic E-state index is 12.7. The molecule has 3 fully saturated rings. The Labute approximate surface area is 175 Å². The summed E-state index contributed by atoms with van der Waals surface area (Å²) in [6.07, 6.45) is 7.16. The van der Waals surface area contributed by atoms with Crippen molar-refractivity contribution in [3.05, 3.63) is 35.9 Å². The van der Waals surface area contributed by atoms with Crippen LogP contribution in [0.5, 0.6) is 0 Å². The van der Waals surface area contributed by atoms with Gasteiger partial charge in [0.1, 0.15) is 0 Å². The average molecular weight is 400 g/mol. The van der Waals surface area contributed by atoms with Gasteiger partial charge < -0.3 is 15.3 Å². The van der Waals surface area contributed by atoms with Gasteiger partial charge in [0.2, 0.25) is 0 Å². The van der Waals surface area contributed by atoms with E-state index in [0.717, 1.165) is 71.1 Å². The van der Waals surface area contributed by atoms with E-state index in [1.807, 2.05) is 4.90 Å². The number of carbonyl (C=O) groups is 1. The van der Waals surface area contributed by atoms with E-state index < -0.39 is 5.60 Å². The van der Waals surface area contributed by atoms with E-state index in [1.165, 1.54) is 5.56 Å². The maximum absolute atomic E-state index is 12.7. The van der Waals surface area contributed by atoms with Gasteiger partial charge in [-0.2, -0.15) is 0 Å². The van der Waals surface area contributed by atoms with E-state index in [0.29, 0.717) is 19.0 Å². The van der Waals surface area contributed by atoms with Crippen LogP contribution in [0.25, 0.3) is 0 Å². The molecule has 2 heterocycles. The quantitative estimate of drug-likeness (QED) is 0.768. The molecule has 1 saturated carbocycles. The van der Waals surface area contributed by atoms with Crippen molar-refractivity contribution < 1.29 is 9.90 Å². The summed E-state index contributed by atoms with van der Waals surface area (Å²) in [4.78, 5) is 17.2. The highest BCUT2D eigenvalue weighted by molar-refractivity contribution is 5.74. The van der Waals surface area contributed by atoms with Crippen LogP contribution in [0.2, 0.25) is 0 Å². The minimum atomic E-state index is -0.507. The first-order valence-electron chi connectivity index (χ1n) is 11.5. The fourth-order valence-electron chi connectivity index (χ4n) is 5.18. The molecule has 5 nitrogen and oxygen atoms in total. The van der Waals surface area contributed by atoms with Crippen molar-refractivity contribution in [1.29, 1.82) is 0 Å². The second-order valence-electron chi connectivity index (χ2n) is 9.64. The smallest absolute Gasteiger partial charge is 0.317 e. The minimum absolute atomic E-state index is 0.0578. The van der Waals surface area contributed by atoms with Gasteiger partial charge in [-0.25, -0.2) is 4.79 Å². The molecule has 29 heavy (non-hydrogen) atoms. The summed E-state index contributed by atoms with van der Waals surface area (Å²) < 4.78 is 0. The van der Waals surface area contributed by atoms with E-state index in [-0.39, 0.29) is 11.4 Å². The first kappa shape index (κ1) is 20.7. The number of amides is 2. The normalized spacial score (nSPS) is 24.3. The molecular formula is C24H37N3O2. The molecule has 4 rings (SSSR count). The number of urea groups is 1. The molecule has 2 saturated heterocycles. The predicted octanol–water partition coefficient (Wildman–Crippen LogP) is 3.63. The lowest BCUT2D eigenvalue weighted by atomic mass is 9.76. The fourth-order valence-corrected chi connectivity index (χ4v) is 5.18. The second kappa shape index (κ2) is 8.65. The summed E-state index contributed by atoms with van der Waals surface area (Å²) in [7, 11) is 0. The molecule has 0 bridgehead atoms. The molecule has 0 radical (unpaired) electrons. The second-order valence-corrected chi connectivity index (χ2v) is 9.64. The van der Waals surface area contributed by atoms with E-state index in [4.69, 9.17) is 0 Å². The third-order valence-electron chi connectivity index (χ3n) is 7.78. The lowest BCUT2D eigenvalue weighted by molar-refractivity contribution is -0.0310. The number of piperidine rings is 2. The van der Waals surface area contributed by atoms with Crippen molar-refractivity contribution in [2.75, 3.05) is 32.7 Å². The lowest BCUT2D eigenvalue weighted by Gasteiger charge is -2.42. The van der Waals surface area contributed by atoms with Gasteiger partial charge in [0, 0.05) is 26.2 Å². The van der Waals surface area contributed by atoms with Crippen LogP contribution in [-0.4, -0.2) is 59.3 Å². The van der Waals surface area contributed by atoms with Crippen LogP contribution in [0, 0.1) is 11.3 Å². The molecule has 160 valence electrons. The predicted molar refractivity (Wildman–Crippen MR) is 116 cm³/mol. The Bertz CT molecular complexity index is 673. The van der Waals surface area contributed by atoms with Crippen molar-refractivity contribution in [2.24, 2.45) is 11.3 Å². The highest BCUT2D eigenvalue weighted by Crippen LogP contribution is 2.45. The van der Waals surface area contributed by atoms with Gasteiger partial charge in [-0.05, 0) is 74.9 Å². The van der Waals surface area contributed by atoms with Gasteiger partial charge in [-0.1, -0.05) is 37.3 Å². The molecule has 2 N–H and O–H groups in total. The number of aliphatic hydroxyl groups is 1. The molecule has 0 aromatic heterocycles. The third-order valence-corrected chi connectivity index (χ3v) is 7.78. The van der Waals surface area contributed by atoms with Gasteiger partial charge >= 0.3 is 6.03 Å². The van der Waals surface area contributed by atoms with Crippen molar-refractivity contribution in [1.82, 2.24) is 15.1 Å². The summed E-state index contributed by atoms with van der Waals surface area (Å²) in [6.45, 7) is 7.60. The first-order chi connectivity index (χ1) is 14.0. The van der Waals surface area contributed by atoms with Crippen molar-refractivity contribution >= 4 is 6.03 Å². The van der Waals surface area contributed by atoms with Crippen LogP contribution in [0.4, 0.5) is 4.79 Å². The standard InChI is InChI=1S/C24H37N3O2/c1-2-23(10-14-26(15-11-23)18-20-6-4-3-5-7-20)19-25-22(28)27-16-12-24(29,13-17-27)21-8-9-21/h3-7,21,29H,2,8-19H2,1H3,(H,25,28). The minimum Gasteiger partial charge on any atom is -0.389 e. The highest BCUT2D eigenvalue weighted by Gasteiger charge is 2.46. The monoisotopic (exact) mass is 399 g/mol. The first-order valence-corrected chi connectivity index (χ1v) is 11.5. The average Bonchev–Trinajstić information content (AvgIpc) is 3.61. The summed E-state index contributed by atoms with van der Waals surface area (Å²) in [5, 5.41) is 13.9. The Morgan fingerprint density at radius 2 is 1.72 bits per heavy atom. The summed E-state index contributed by atoms with van der Waals surface area (Å²) in [6, 6.07) is 10.7. The molecule has 3 aliphatic rings. The van der Waals surface area contributed by atoms with Crippen LogP contribution in [0.3, 0.4) is 0 Å². The molecule has 5 heteroatoms. The van der Waals surface area contributed by atoms with Crippen molar-refractivity contribution in [3.8, 4) is 0 Å². The number of rotatable bonds is 6. The Morgan fingerprint density at radius 3 is 2.31 bits per heavy atom. The summed E-state index contributed by atoms with van der Waals surface area (Å²) >= 11 is 0. The molecule has 1 aliphatic carbocycles. The van der Waals surface area contributed by atoms with E-state index in [1.54, 1.807) is 0 Å². The number of likely N-dealkylation sites (tertiary alicyclic amines) is 2. The number of hydrogen-bond acceptors (Lipinski definition) is 3. The lowest BCUT2D eigenvalue weighted by Crippen LogP contribution is -2.53. The van der Waals surface area contributed by atoms with Gasteiger partial charge in [0.15, 0.2) is 0 Å². The Morgan fingerprint density at radius 1 is 1.07 bits per heavy atom. The number of benzene rings is 1. The number of nitrogens with zero attached hydrogens (tertiary/aromatic N) is 2. The van der Waals surface area contributed by atoms with Crippen LogP contribution in [0.15, 0.2) is 30.3 Å². The van der Waals surface area contributed by atoms with E-state index in [9.17, 15) is 9.90 Å². The zero-order chi connectivity index (χ0) is 20.3. The molecule has 0 atom stereocenters. The molecule has 2 amide bonds. The van der Waals surface area contributed by atoms with Crippen LogP contribution >= 0.6 is 0 Å².